The summed E-state index contributed by atoms with van der Waals surface area (Å²) in [6.07, 6.45) is 1.64. The van der Waals surface area contributed by atoms with Gasteiger partial charge in [0.1, 0.15) is 5.75 Å². The molecule has 1 aliphatic carbocycles. The lowest BCUT2D eigenvalue weighted by atomic mass is 9.62. The van der Waals surface area contributed by atoms with Crippen molar-refractivity contribution in [2.75, 3.05) is 11.9 Å². The molecule has 6 heteroatoms. The summed E-state index contributed by atoms with van der Waals surface area (Å²) in [7, 11) is 0. The molecule has 1 N–H and O–H groups in total. The summed E-state index contributed by atoms with van der Waals surface area (Å²) in [5.74, 6) is 0.100. The van der Waals surface area contributed by atoms with Crippen molar-refractivity contribution >= 4 is 23.4 Å². The molecule has 1 saturated carbocycles. The van der Waals surface area contributed by atoms with Crippen LogP contribution in [0.4, 0.5) is 5.69 Å². The van der Waals surface area contributed by atoms with Crippen molar-refractivity contribution in [2.45, 2.75) is 60.0 Å². The molecule has 2 unspecified atom stereocenters. The first-order valence-electron chi connectivity index (χ1n) is 9.98. The highest BCUT2D eigenvalue weighted by molar-refractivity contribution is 6.04. The minimum atomic E-state index is -0.533. The maximum Gasteiger partial charge on any atom is 0.235 e. The highest BCUT2D eigenvalue weighted by Crippen LogP contribution is 2.60. The zero-order valence-corrected chi connectivity index (χ0v) is 17.4. The molecule has 2 aliphatic rings. The smallest absolute Gasteiger partial charge is 0.235 e. The van der Waals surface area contributed by atoms with Gasteiger partial charge in [-0.15, -0.1) is 0 Å². The normalized spacial score (nSPS) is 25.9. The van der Waals surface area contributed by atoms with Crippen molar-refractivity contribution in [3.05, 3.63) is 24.3 Å². The van der Waals surface area contributed by atoms with E-state index in [1.165, 1.54) is 4.90 Å². The molecule has 1 aromatic rings. The summed E-state index contributed by atoms with van der Waals surface area (Å²) in [5.41, 5.74) is -0.209. The standard InChI is InChI=1S/C22H30N2O4/c1-14(2)28-16-8-6-15(7-9-16)23-18(25)11-13-24-19(26)17-10-12-22(5,20(24)27)21(17,3)4/h6-9,14,17H,10-13H2,1-5H3,(H,23,25). The third-order valence-electron chi connectivity index (χ3n) is 6.58. The van der Waals surface area contributed by atoms with Crippen LogP contribution in [0.2, 0.25) is 0 Å². The molecule has 0 aromatic heterocycles. The second kappa shape index (κ2) is 7.22. The van der Waals surface area contributed by atoms with Gasteiger partial charge in [-0.25, -0.2) is 0 Å². The number of carbonyl (C=O) groups is 3. The van der Waals surface area contributed by atoms with Crippen LogP contribution in [0, 0.1) is 16.7 Å². The quantitative estimate of drug-likeness (QED) is 0.758. The van der Waals surface area contributed by atoms with Crippen LogP contribution in [0.3, 0.4) is 0 Å². The number of benzene rings is 1. The Morgan fingerprint density at radius 3 is 2.46 bits per heavy atom. The molecule has 3 rings (SSSR count). The Kier molecular flexibility index (Phi) is 5.26. The lowest BCUT2D eigenvalue weighted by Gasteiger charge is -2.47. The topological polar surface area (TPSA) is 75.7 Å². The minimum absolute atomic E-state index is 0.0854. The van der Waals surface area contributed by atoms with Gasteiger partial charge in [-0.1, -0.05) is 20.8 Å². The van der Waals surface area contributed by atoms with Gasteiger partial charge in [0, 0.05) is 24.6 Å². The number of fused-ring (bicyclic) bond motifs is 2. The number of nitrogens with one attached hydrogen (secondary N) is 1. The number of amides is 3. The van der Waals surface area contributed by atoms with Crippen molar-refractivity contribution in [1.82, 2.24) is 4.90 Å². The number of likely N-dealkylation sites (tertiary alicyclic amines) is 1. The van der Waals surface area contributed by atoms with Crippen molar-refractivity contribution < 1.29 is 19.1 Å². The molecule has 1 saturated heterocycles. The number of piperidine rings is 1. The molecule has 152 valence electrons. The van der Waals surface area contributed by atoms with Crippen LogP contribution < -0.4 is 10.1 Å². The molecule has 28 heavy (non-hydrogen) atoms. The van der Waals surface area contributed by atoms with Gasteiger partial charge in [0.15, 0.2) is 0 Å². The first-order valence-corrected chi connectivity index (χ1v) is 9.98. The summed E-state index contributed by atoms with van der Waals surface area (Å²) in [4.78, 5) is 39.4. The van der Waals surface area contributed by atoms with Gasteiger partial charge >= 0.3 is 0 Å². The molecular formula is C22H30N2O4. The molecule has 2 bridgehead atoms. The van der Waals surface area contributed by atoms with Crippen LogP contribution in [0.5, 0.6) is 5.75 Å². The molecular weight excluding hydrogens is 356 g/mol. The number of nitrogens with zero attached hydrogens (tertiary/aromatic N) is 1. The molecule has 1 aliphatic heterocycles. The lowest BCUT2D eigenvalue weighted by Crippen LogP contribution is -2.59. The highest BCUT2D eigenvalue weighted by Gasteiger charge is 2.64. The lowest BCUT2D eigenvalue weighted by molar-refractivity contribution is -0.167. The maximum atomic E-state index is 13.0. The zero-order chi connectivity index (χ0) is 20.7. The second-order valence-electron chi connectivity index (χ2n) is 8.93. The summed E-state index contributed by atoms with van der Waals surface area (Å²) in [6.45, 7) is 10.0. The van der Waals surface area contributed by atoms with Crippen molar-refractivity contribution in [3.63, 3.8) is 0 Å². The zero-order valence-electron chi connectivity index (χ0n) is 17.4. The Balaban J connectivity index is 1.59. The average Bonchev–Trinajstić information content (AvgIpc) is 2.80. The number of hydrogen-bond donors (Lipinski definition) is 1. The van der Waals surface area contributed by atoms with E-state index >= 15 is 0 Å². The number of hydrogen-bond acceptors (Lipinski definition) is 4. The summed E-state index contributed by atoms with van der Waals surface area (Å²) in [5, 5.41) is 2.81. The van der Waals surface area contributed by atoms with E-state index in [0.29, 0.717) is 5.69 Å². The first kappa shape index (κ1) is 20.4. The number of ether oxygens (including phenoxy) is 1. The Hall–Kier alpha value is -2.37. The third-order valence-corrected chi connectivity index (χ3v) is 6.58. The van der Waals surface area contributed by atoms with Gasteiger partial charge in [-0.05, 0) is 56.4 Å². The van der Waals surface area contributed by atoms with Crippen LogP contribution in [-0.2, 0) is 14.4 Å². The monoisotopic (exact) mass is 386 g/mol. The number of carbonyl (C=O) groups excluding carboxylic acids is 3. The minimum Gasteiger partial charge on any atom is -0.491 e. The fourth-order valence-corrected chi connectivity index (χ4v) is 4.44. The number of anilines is 1. The third kappa shape index (κ3) is 3.40. The van der Waals surface area contributed by atoms with Crippen LogP contribution in [0.1, 0.15) is 53.9 Å². The van der Waals surface area contributed by atoms with E-state index in [1.54, 1.807) is 24.3 Å². The van der Waals surface area contributed by atoms with E-state index < -0.39 is 5.41 Å². The molecule has 0 spiro atoms. The van der Waals surface area contributed by atoms with Crippen LogP contribution in [-0.4, -0.2) is 35.3 Å². The maximum absolute atomic E-state index is 13.0. The summed E-state index contributed by atoms with van der Waals surface area (Å²) < 4.78 is 5.58. The Morgan fingerprint density at radius 2 is 1.86 bits per heavy atom. The number of imide groups is 1. The number of rotatable bonds is 6. The molecule has 3 amide bonds. The molecule has 2 fully saturated rings. The largest absolute Gasteiger partial charge is 0.491 e. The van der Waals surface area contributed by atoms with E-state index in [1.807, 2.05) is 34.6 Å². The van der Waals surface area contributed by atoms with Crippen molar-refractivity contribution in [2.24, 2.45) is 16.7 Å². The summed E-state index contributed by atoms with van der Waals surface area (Å²) >= 11 is 0. The highest BCUT2D eigenvalue weighted by atomic mass is 16.5. The van der Waals surface area contributed by atoms with E-state index in [2.05, 4.69) is 5.32 Å². The molecule has 6 nitrogen and oxygen atoms in total. The molecule has 2 atom stereocenters. The van der Waals surface area contributed by atoms with E-state index in [0.717, 1.165) is 18.6 Å². The fraction of sp³-hybridized carbons (Fsp3) is 0.591. The van der Waals surface area contributed by atoms with Gasteiger partial charge in [-0.3, -0.25) is 19.3 Å². The Labute approximate surface area is 166 Å². The molecule has 1 heterocycles. The van der Waals surface area contributed by atoms with E-state index in [4.69, 9.17) is 4.74 Å². The Morgan fingerprint density at radius 1 is 1.21 bits per heavy atom. The predicted molar refractivity (Wildman–Crippen MR) is 107 cm³/mol. The molecule has 1 aromatic carbocycles. The second-order valence-corrected chi connectivity index (χ2v) is 8.93. The van der Waals surface area contributed by atoms with Crippen LogP contribution in [0.15, 0.2) is 24.3 Å². The van der Waals surface area contributed by atoms with Gasteiger partial charge in [0.25, 0.3) is 0 Å². The first-order chi connectivity index (χ1) is 13.1. The predicted octanol–water partition coefficient (Wildman–Crippen LogP) is 3.61. The SMILES string of the molecule is CC(C)Oc1ccc(NC(=O)CCN2C(=O)C3CCC(C)(C2=O)C3(C)C)cc1. The fourth-order valence-electron chi connectivity index (χ4n) is 4.44. The van der Waals surface area contributed by atoms with Gasteiger partial charge in [-0.2, -0.15) is 0 Å². The van der Waals surface area contributed by atoms with Crippen molar-refractivity contribution in [1.29, 1.82) is 0 Å². The average molecular weight is 386 g/mol. The van der Waals surface area contributed by atoms with Crippen LogP contribution >= 0.6 is 0 Å². The van der Waals surface area contributed by atoms with Gasteiger partial charge in [0.2, 0.25) is 17.7 Å². The van der Waals surface area contributed by atoms with Crippen molar-refractivity contribution in [3.8, 4) is 5.75 Å². The molecule has 0 radical (unpaired) electrons. The van der Waals surface area contributed by atoms with E-state index in [-0.39, 0.29) is 48.1 Å². The van der Waals surface area contributed by atoms with Gasteiger partial charge < -0.3 is 10.1 Å². The Bertz CT molecular complexity index is 784. The van der Waals surface area contributed by atoms with E-state index in [9.17, 15) is 14.4 Å². The van der Waals surface area contributed by atoms with Gasteiger partial charge in [0.05, 0.1) is 11.5 Å². The van der Waals surface area contributed by atoms with Crippen LogP contribution in [0.25, 0.3) is 0 Å². The summed E-state index contributed by atoms with van der Waals surface area (Å²) in [6, 6.07) is 7.15.